The summed E-state index contributed by atoms with van der Waals surface area (Å²) in [5, 5.41) is 4.94. The number of aromatic nitrogens is 3. The van der Waals surface area contributed by atoms with Crippen molar-refractivity contribution in [3.8, 4) is 17.1 Å². The third-order valence-electron chi connectivity index (χ3n) is 4.72. The molecular weight excluding hydrogens is 414 g/mol. The van der Waals surface area contributed by atoms with Gasteiger partial charge in [-0.15, -0.1) is 5.10 Å². The van der Waals surface area contributed by atoms with Crippen molar-refractivity contribution in [2.45, 2.75) is 6.92 Å². The fourth-order valence-corrected chi connectivity index (χ4v) is 3.24. The van der Waals surface area contributed by atoms with Crippen molar-refractivity contribution < 1.29 is 14.3 Å². The van der Waals surface area contributed by atoms with Gasteiger partial charge in [-0.25, -0.2) is 14.5 Å². The van der Waals surface area contributed by atoms with Gasteiger partial charge in [0.15, 0.2) is 18.2 Å². The molecule has 0 N–H and O–H groups in total. The van der Waals surface area contributed by atoms with E-state index in [1.165, 1.54) is 0 Å². The summed E-state index contributed by atoms with van der Waals surface area (Å²) >= 11 is 6.28. The predicted octanol–water partition coefficient (Wildman–Crippen LogP) is 4.94. The Bertz CT molecular complexity index is 1240. The van der Waals surface area contributed by atoms with Crippen LogP contribution in [-0.4, -0.2) is 33.1 Å². The molecule has 3 aromatic carbocycles. The van der Waals surface area contributed by atoms with Gasteiger partial charge in [-0.2, -0.15) is 0 Å². The Morgan fingerprint density at radius 3 is 2.32 bits per heavy atom. The molecule has 1 aromatic heterocycles. The van der Waals surface area contributed by atoms with Gasteiger partial charge in [0.2, 0.25) is 0 Å². The Morgan fingerprint density at radius 2 is 1.61 bits per heavy atom. The maximum absolute atomic E-state index is 12.6. The third-order valence-corrected chi connectivity index (χ3v) is 5.13. The number of hydrogen-bond donors (Lipinski definition) is 0. The standard InChI is InChI=1S/C24H18ClN3O3/c1-16-19(25)13-8-14-20(16)28-23(18-11-6-3-7-12-18)26-22(27-28)24(30)31-15-21(29)17-9-4-2-5-10-17/h2-14H,15H2,1H3. The van der Waals surface area contributed by atoms with Crippen molar-refractivity contribution in [2.75, 3.05) is 6.61 Å². The third kappa shape index (κ3) is 4.39. The van der Waals surface area contributed by atoms with Crippen LogP contribution in [0.4, 0.5) is 0 Å². The molecule has 31 heavy (non-hydrogen) atoms. The lowest BCUT2D eigenvalue weighted by Gasteiger charge is -2.10. The highest BCUT2D eigenvalue weighted by Gasteiger charge is 2.22. The number of carbonyl (C=O) groups is 2. The van der Waals surface area contributed by atoms with Crippen LogP contribution in [-0.2, 0) is 4.74 Å². The molecule has 0 bridgehead atoms. The molecule has 4 rings (SSSR count). The van der Waals surface area contributed by atoms with E-state index in [2.05, 4.69) is 10.1 Å². The Balaban J connectivity index is 1.66. The fourth-order valence-electron chi connectivity index (χ4n) is 3.07. The monoisotopic (exact) mass is 431 g/mol. The number of nitrogens with zero attached hydrogens (tertiary/aromatic N) is 3. The summed E-state index contributed by atoms with van der Waals surface area (Å²) in [5.74, 6) is -0.756. The van der Waals surface area contributed by atoms with Gasteiger partial charge in [-0.1, -0.05) is 78.3 Å². The maximum Gasteiger partial charge on any atom is 0.378 e. The van der Waals surface area contributed by atoms with Crippen molar-refractivity contribution in [3.05, 3.63) is 101 Å². The molecule has 0 aliphatic rings. The summed E-state index contributed by atoms with van der Waals surface area (Å²) in [4.78, 5) is 29.3. The SMILES string of the molecule is Cc1c(Cl)cccc1-n1nc(C(=O)OCC(=O)c2ccccc2)nc1-c1ccccc1. The molecule has 0 saturated carbocycles. The zero-order valence-corrected chi connectivity index (χ0v) is 17.4. The van der Waals surface area contributed by atoms with E-state index in [-0.39, 0.29) is 11.6 Å². The van der Waals surface area contributed by atoms with E-state index in [0.29, 0.717) is 22.1 Å². The molecule has 0 radical (unpaired) electrons. The van der Waals surface area contributed by atoms with Crippen molar-refractivity contribution in [1.82, 2.24) is 14.8 Å². The van der Waals surface area contributed by atoms with Crippen LogP contribution >= 0.6 is 11.6 Å². The van der Waals surface area contributed by atoms with Gasteiger partial charge in [0.25, 0.3) is 5.82 Å². The zero-order chi connectivity index (χ0) is 21.8. The lowest BCUT2D eigenvalue weighted by Crippen LogP contribution is -2.15. The minimum absolute atomic E-state index is 0.140. The highest BCUT2D eigenvalue weighted by atomic mass is 35.5. The van der Waals surface area contributed by atoms with Crippen molar-refractivity contribution in [2.24, 2.45) is 0 Å². The second-order valence-corrected chi connectivity index (χ2v) is 7.19. The molecular formula is C24H18ClN3O3. The Kier molecular flexibility index (Phi) is 5.91. The van der Waals surface area contributed by atoms with Crippen molar-refractivity contribution in [1.29, 1.82) is 0 Å². The minimum atomic E-state index is -0.778. The Hall–Kier alpha value is -3.77. The average Bonchev–Trinajstić information content (AvgIpc) is 3.25. The number of carbonyl (C=O) groups excluding carboxylic acids is 2. The molecule has 154 valence electrons. The van der Waals surface area contributed by atoms with Crippen LogP contribution < -0.4 is 0 Å². The molecule has 0 amide bonds. The molecule has 0 spiro atoms. The summed E-state index contributed by atoms with van der Waals surface area (Å²) in [5.41, 5.74) is 2.73. The molecule has 6 nitrogen and oxygen atoms in total. The lowest BCUT2D eigenvalue weighted by molar-refractivity contribution is 0.0462. The highest BCUT2D eigenvalue weighted by Crippen LogP contribution is 2.26. The molecule has 0 saturated heterocycles. The van der Waals surface area contributed by atoms with Gasteiger partial charge < -0.3 is 4.74 Å². The van der Waals surface area contributed by atoms with Crippen LogP contribution in [0.3, 0.4) is 0 Å². The minimum Gasteiger partial charge on any atom is -0.451 e. The summed E-state index contributed by atoms with van der Waals surface area (Å²) < 4.78 is 6.75. The second-order valence-electron chi connectivity index (χ2n) is 6.79. The molecule has 0 fully saturated rings. The Labute approximate surface area is 184 Å². The normalized spacial score (nSPS) is 10.6. The van der Waals surface area contributed by atoms with Crippen LogP contribution in [0.25, 0.3) is 17.1 Å². The van der Waals surface area contributed by atoms with E-state index >= 15 is 0 Å². The number of Topliss-reactive ketones (excluding diaryl/α,β-unsaturated/α-hetero) is 1. The van der Waals surface area contributed by atoms with Crippen LogP contribution in [0, 0.1) is 6.92 Å². The summed E-state index contributed by atoms with van der Waals surface area (Å²) in [6, 6.07) is 23.4. The Morgan fingerprint density at radius 1 is 0.935 bits per heavy atom. The first-order chi connectivity index (χ1) is 15.0. The molecule has 7 heteroatoms. The average molecular weight is 432 g/mol. The van der Waals surface area contributed by atoms with Gasteiger partial charge in [-0.3, -0.25) is 4.79 Å². The fraction of sp³-hybridized carbons (Fsp3) is 0.0833. The van der Waals surface area contributed by atoms with Gasteiger partial charge >= 0.3 is 5.97 Å². The van der Waals surface area contributed by atoms with Gasteiger partial charge in [0.1, 0.15) is 0 Å². The van der Waals surface area contributed by atoms with Crippen LogP contribution in [0.1, 0.15) is 26.5 Å². The van der Waals surface area contributed by atoms with Crippen molar-refractivity contribution >= 4 is 23.4 Å². The highest BCUT2D eigenvalue weighted by molar-refractivity contribution is 6.31. The number of hydrogen-bond acceptors (Lipinski definition) is 5. The van der Waals surface area contributed by atoms with E-state index in [1.54, 1.807) is 41.1 Å². The van der Waals surface area contributed by atoms with E-state index in [0.717, 1.165) is 11.1 Å². The predicted molar refractivity (Wildman–Crippen MR) is 118 cm³/mol. The molecule has 4 aromatic rings. The molecule has 0 aliphatic heterocycles. The van der Waals surface area contributed by atoms with Crippen molar-refractivity contribution in [3.63, 3.8) is 0 Å². The van der Waals surface area contributed by atoms with E-state index < -0.39 is 12.6 Å². The number of benzene rings is 3. The van der Waals surface area contributed by atoms with Crippen LogP contribution in [0.2, 0.25) is 5.02 Å². The topological polar surface area (TPSA) is 74.1 Å². The lowest BCUT2D eigenvalue weighted by atomic mass is 10.1. The first kappa shape index (κ1) is 20.5. The van der Waals surface area contributed by atoms with Gasteiger partial charge in [0, 0.05) is 16.1 Å². The number of halogens is 1. The number of ether oxygens (including phenoxy) is 1. The van der Waals surface area contributed by atoms with Crippen LogP contribution in [0.5, 0.6) is 0 Å². The van der Waals surface area contributed by atoms with E-state index in [1.807, 2.05) is 49.4 Å². The van der Waals surface area contributed by atoms with E-state index in [9.17, 15) is 9.59 Å². The smallest absolute Gasteiger partial charge is 0.378 e. The first-order valence-electron chi connectivity index (χ1n) is 9.58. The van der Waals surface area contributed by atoms with E-state index in [4.69, 9.17) is 16.3 Å². The largest absolute Gasteiger partial charge is 0.451 e. The number of esters is 1. The summed E-state index contributed by atoms with van der Waals surface area (Å²) in [7, 11) is 0. The van der Waals surface area contributed by atoms with Gasteiger partial charge in [0.05, 0.1) is 5.69 Å². The summed E-state index contributed by atoms with van der Waals surface area (Å²) in [6.07, 6.45) is 0. The molecule has 0 unspecified atom stereocenters. The number of rotatable bonds is 6. The molecule has 1 heterocycles. The molecule has 0 atom stereocenters. The number of ketones is 1. The second kappa shape index (κ2) is 8.93. The quantitative estimate of drug-likeness (QED) is 0.319. The molecule has 0 aliphatic carbocycles. The first-order valence-corrected chi connectivity index (χ1v) is 9.95. The van der Waals surface area contributed by atoms with Crippen LogP contribution in [0.15, 0.2) is 78.9 Å². The zero-order valence-electron chi connectivity index (χ0n) is 16.7. The summed E-state index contributed by atoms with van der Waals surface area (Å²) in [6.45, 7) is 1.47. The maximum atomic E-state index is 12.6. The van der Waals surface area contributed by atoms with Gasteiger partial charge in [-0.05, 0) is 24.6 Å².